The molecule has 0 bridgehead atoms. The van der Waals surface area contributed by atoms with Gasteiger partial charge in [0.1, 0.15) is 5.75 Å². The number of phenols is 1. The molecule has 0 unspecified atom stereocenters. The lowest BCUT2D eigenvalue weighted by Crippen LogP contribution is -2.16. The van der Waals surface area contributed by atoms with Crippen LogP contribution in [0.5, 0.6) is 5.75 Å². The van der Waals surface area contributed by atoms with Crippen LogP contribution in [-0.4, -0.2) is 26.8 Å². The number of aromatic amines is 1. The summed E-state index contributed by atoms with van der Waals surface area (Å²) in [5.41, 5.74) is 2.52. The minimum Gasteiger partial charge on any atom is -0.508 e. The second-order valence-corrected chi connectivity index (χ2v) is 4.39. The summed E-state index contributed by atoms with van der Waals surface area (Å²) in [6.07, 6.45) is 0. The predicted molar refractivity (Wildman–Crippen MR) is 63.2 cm³/mol. The SMILES string of the molecule is CN1Cc2c(n(-c3cccc(O)c3)[nH]c2=O)C1. The third kappa shape index (κ3) is 1.55. The molecule has 0 saturated carbocycles. The lowest BCUT2D eigenvalue weighted by Gasteiger charge is -2.09. The van der Waals surface area contributed by atoms with Crippen molar-refractivity contribution in [1.82, 2.24) is 14.7 Å². The number of phenolic OH excluding ortho intramolecular Hbond substituents is 1. The molecule has 1 aromatic heterocycles. The molecule has 5 nitrogen and oxygen atoms in total. The van der Waals surface area contributed by atoms with E-state index in [-0.39, 0.29) is 11.3 Å². The number of aromatic nitrogens is 2. The zero-order valence-corrected chi connectivity index (χ0v) is 9.47. The highest BCUT2D eigenvalue weighted by molar-refractivity contribution is 5.41. The summed E-state index contributed by atoms with van der Waals surface area (Å²) in [7, 11) is 1.98. The highest BCUT2D eigenvalue weighted by Crippen LogP contribution is 2.22. The van der Waals surface area contributed by atoms with Gasteiger partial charge in [-0.15, -0.1) is 0 Å². The number of H-pyrrole nitrogens is 1. The number of aromatic hydroxyl groups is 1. The van der Waals surface area contributed by atoms with Gasteiger partial charge in [-0.3, -0.25) is 19.5 Å². The quantitative estimate of drug-likeness (QED) is 0.763. The Bertz CT molecular complexity index is 627. The van der Waals surface area contributed by atoms with Gasteiger partial charge in [0.2, 0.25) is 0 Å². The van der Waals surface area contributed by atoms with Crippen LogP contribution in [0, 0.1) is 0 Å². The summed E-state index contributed by atoms with van der Waals surface area (Å²) >= 11 is 0. The smallest absolute Gasteiger partial charge is 0.269 e. The number of hydrogen-bond acceptors (Lipinski definition) is 3. The molecule has 2 heterocycles. The summed E-state index contributed by atoms with van der Waals surface area (Å²) in [5.74, 6) is 0.192. The summed E-state index contributed by atoms with van der Waals surface area (Å²) in [5, 5.41) is 12.3. The van der Waals surface area contributed by atoms with E-state index in [2.05, 4.69) is 10.00 Å². The van der Waals surface area contributed by atoms with Crippen molar-refractivity contribution in [3.8, 4) is 11.4 Å². The van der Waals surface area contributed by atoms with E-state index >= 15 is 0 Å². The third-order valence-electron chi connectivity index (χ3n) is 3.04. The van der Waals surface area contributed by atoms with E-state index in [1.54, 1.807) is 22.9 Å². The van der Waals surface area contributed by atoms with E-state index < -0.39 is 0 Å². The topological polar surface area (TPSA) is 61.3 Å². The zero-order valence-electron chi connectivity index (χ0n) is 9.47. The molecule has 0 fully saturated rings. The van der Waals surface area contributed by atoms with Gasteiger partial charge in [-0.25, -0.2) is 0 Å². The Morgan fingerprint density at radius 2 is 2.18 bits per heavy atom. The number of nitrogens with one attached hydrogen (secondary N) is 1. The molecule has 2 N–H and O–H groups in total. The molecule has 1 aliphatic heterocycles. The van der Waals surface area contributed by atoms with Crippen LogP contribution >= 0.6 is 0 Å². The summed E-state index contributed by atoms with van der Waals surface area (Å²) in [6.45, 7) is 1.42. The minimum absolute atomic E-state index is 0.0484. The monoisotopic (exact) mass is 231 g/mol. The van der Waals surface area contributed by atoms with Gasteiger partial charge < -0.3 is 5.11 Å². The van der Waals surface area contributed by atoms with Crippen LogP contribution in [0.2, 0.25) is 0 Å². The van der Waals surface area contributed by atoms with Gasteiger partial charge in [-0.1, -0.05) is 6.07 Å². The van der Waals surface area contributed by atoms with Gasteiger partial charge in [0.25, 0.3) is 5.56 Å². The Morgan fingerprint density at radius 3 is 2.94 bits per heavy atom. The molecule has 0 saturated heterocycles. The first kappa shape index (κ1) is 10.2. The van der Waals surface area contributed by atoms with Crippen LogP contribution < -0.4 is 5.56 Å². The average Bonchev–Trinajstić information content (AvgIpc) is 2.79. The van der Waals surface area contributed by atoms with E-state index in [0.29, 0.717) is 6.54 Å². The van der Waals surface area contributed by atoms with Gasteiger partial charge in [0.15, 0.2) is 0 Å². The lowest BCUT2D eigenvalue weighted by atomic mass is 10.2. The van der Waals surface area contributed by atoms with Crippen LogP contribution in [0.4, 0.5) is 0 Å². The van der Waals surface area contributed by atoms with Crippen molar-refractivity contribution < 1.29 is 5.11 Å². The van der Waals surface area contributed by atoms with Crippen molar-refractivity contribution in [2.24, 2.45) is 0 Å². The van der Waals surface area contributed by atoms with Crippen LogP contribution in [0.15, 0.2) is 29.1 Å². The summed E-state index contributed by atoms with van der Waals surface area (Å²) in [4.78, 5) is 13.9. The normalized spacial score (nSPS) is 15.1. The molecule has 1 aromatic carbocycles. The van der Waals surface area contributed by atoms with Gasteiger partial charge in [0.05, 0.1) is 16.9 Å². The number of rotatable bonds is 1. The molecule has 17 heavy (non-hydrogen) atoms. The van der Waals surface area contributed by atoms with Crippen LogP contribution in [0.25, 0.3) is 5.69 Å². The number of nitrogens with zero attached hydrogens (tertiary/aromatic N) is 2. The summed E-state index contributed by atoms with van der Waals surface area (Å²) in [6, 6.07) is 6.86. The molecule has 0 radical (unpaired) electrons. The van der Waals surface area contributed by atoms with E-state index in [0.717, 1.165) is 23.5 Å². The van der Waals surface area contributed by atoms with Crippen molar-refractivity contribution in [2.45, 2.75) is 13.1 Å². The van der Waals surface area contributed by atoms with Crippen molar-refractivity contribution in [2.75, 3.05) is 7.05 Å². The predicted octanol–water partition coefficient (Wildman–Crippen LogP) is 0.817. The number of benzene rings is 1. The Kier molecular flexibility index (Phi) is 2.09. The van der Waals surface area contributed by atoms with Gasteiger partial charge in [-0.2, -0.15) is 0 Å². The third-order valence-corrected chi connectivity index (χ3v) is 3.04. The Labute approximate surface area is 97.9 Å². The van der Waals surface area contributed by atoms with Crippen LogP contribution in [0.3, 0.4) is 0 Å². The number of fused-ring (bicyclic) bond motifs is 1. The minimum atomic E-state index is -0.0484. The van der Waals surface area contributed by atoms with E-state index in [4.69, 9.17) is 0 Å². The molecule has 0 spiro atoms. The molecule has 5 heteroatoms. The van der Waals surface area contributed by atoms with Crippen molar-refractivity contribution in [3.63, 3.8) is 0 Å². The molecule has 2 aromatic rings. The average molecular weight is 231 g/mol. The molecule has 3 rings (SSSR count). The van der Waals surface area contributed by atoms with Crippen LogP contribution in [-0.2, 0) is 13.1 Å². The maximum absolute atomic E-state index is 11.8. The zero-order chi connectivity index (χ0) is 12.0. The van der Waals surface area contributed by atoms with Gasteiger partial charge in [-0.05, 0) is 19.2 Å². The van der Waals surface area contributed by atoms with Crippen molar-refractivity contribution in [1.29, 1.82) is 0 Å². The molecule has 0 aliphatic carbocycles. The molecule has 1 aliphatic rings. The van der Waals surface area contributed by atoms with Gasteiger partial charge >= 0.3 is 0 Å². The maximum Gasteiger partial charge on any atom is 0.269 e. The first-order valence-corrected chi connectivity index (χ1v) is 5.46. The first-order valence-electron chi connectivity index (χ1n) is 5.46. The van der Waals surface area contributed by atoms with Crippen molar-refractivity contribution in [3.05, 3.63) is 45.9 Å². The Hall–Kier alpha value is -2.01. The lowest BCUT2D eigenvalue weighted by molar-refractivity contribution is 0.345. The molecular weight excluding hydrogens is 218 g/mol. The van der Waals surface area contributed by atoms with E-state index in [1.165, 1.54) is 0 Å². The highest BCUT2D eigenvalue weighted by Gasteiger charge is 2.24. The molecular formula is C12H13N3O2. The first-order chi connectivity index (χ1) is 8.15. The number of hydrogen-bond donors (Lipinski definition) is 2. The fourth-order valence-electron chi connectivity index (χ4n) is 2.27. The second-order valence-electron chi connectivity index (χ2n) is 4.39. The largest absolute Gasteiger partial charge is 0.508 e. The van der Waals surface area contributed by atoms with E-state index in [1.807, 2.05) is 13.1 Å². The fraction of sp³-hybridized carbons (Fsp3) is 0.250. The maximum atomic E-state index is 11.8. The van der Waals surface area contributed by atoms with E-state index in [9.17, 15) is 9.90 Å². The summed E-state index contributed by atoms with van der Waals surface area (Å²) < 4.78 is 1.75. The molecule has 88 valence electrons. The van der Waals surface area contributed by atoms with Gasteiger partial charge in [0, 0.05) is 19.2 Å². The Balaban J connectivity index is 2.17. The molecule has 0 amide bonds. The van der Waals surface area contributed by atoms with Crippen LogP contribution in [0.1, 0.15) is 11.3 Å². The molecule has 0 atom stereocenters. The second kappa shape index (κ2) is 3.49. The highest BCUT2D eigenvalue weighted by atomic mass is 16.3. The Morgan fingerprint density at radius 1 is 1.35 bits per heavy atom. The fourth-order valence-corrected chi connectivity index (χ4v) is 2.27. The standard InChI is InChI=1S/C12H13N3O2/c1-14-6-10-11(7-14)15(13-12(10)17)8-3-2-4-9(16)5-8/h2-5,16H,6-7H2,1H3,(H,13,17). The van der Waals surface area contributed by atoms with Crippen molar-refractivity contribution >= 4 is 0 Å².